The van der Waals surface area contributed by atoms with Crippen molar-refractivity contribution in [3.8, 4) is 11.5 Å². The summed E-state index contributed by atoms with van der Waals surface area (Å²) in [4.78, 5) is 21.9. The minimum absolute atomic E-state index is 0.0961. The Balaban J connectivity index is 2.15. The molecular formula is C17H17NO6. The average Bonchev–Trinajstić information content (AvgIpc) is 2.59. The van der Waals surface area contributed by atoms with Gasteiger partial charge >= 0.3 is 11.7 Å². The number of aliphatic carboxylic acids is 1. The fourth-order valence-electron chi connectivity index (χ4n) is 2.20. The molecule has 126 valence electrons. The highest BCUT2D eigenvalue weighted by molar-refractivity contribution is 5.73. The van der Waals surface area contributed by atoms with E-state index in [2.05, 4.69) is 0 Å². The standard InChI is InChI=1S/C17H17NO6/c1-23-13-8-10-15(14(11-13)18(21)22)24-16(17(19)20)9-7-12-5-3-2-4-6-12/h2-6,8,10-11,16H,7,9H2,1H3,(H,19,20). The van der Waals surface area contributed by atoms with Gasteiger partial charge in [-0.1, -0.05) is 30.3 Å². The van der Waals surface area contributed by atoms with Crippen LogP contribution in [-0.4, -0.2) is 29.2 Å². The zero-order valence-electron chi connectivity index (χ0n) is 13.0. The van der Waals surface area contributed by atoms with Gasteiger partial charge < -0.3 is 14.6 Å². The van der Waals surface area contributed by atoms with Gasteiger partial charge in [-0.25, -0.2) is 4.79 Å². The molecule has 24 heavy (non-hydrogen) atoms. The number of nitro benzene ring substituents is 1. The molecule has 2 aromatic rings. The first-order valence-corrected chi connectivity index (χ1v) is 7.27. The second-order valence-electron chi connectivity index (χ2n) is 5.06. The average molecular weight is 331 g/mol. The van der Waals surface area contributed by atoms with Gasteiger partial charge in [-0.2, -0.15) is 0 Å². The van der Waals surface area contributed by atoms with Crippen molar-refractivity contribution >= 4 is 11.7 Å². The topological polar surface area (TPSA) is 98.9 Å². The van der Waals surface area contributed by atoms with Crippen LogP contribution in [0.5, 0.6) is 11.5 Å². The third kappa shape index (κ3) is 4.45. The lowest BCUT2D eigenvalue weighted by Gasteiger charge is -2.15. The van der Waals surface area contributed by atoms with Crippen molar-refractivity contribution in [3.05, 3.63) is 64.2 Å². The molecule has 0 aliphatic heterocycles. The summed E-state index contributed by atoms with van der Waals surface area (Å²) in [7, 11) is 1.39. The Kier molecular flexibility index (Phi) is 5.73. The highest BCUT2D eigenvalue weighted by atomic mass is 16.6. The molecule has 0 amide bonds. The Bertz CT molecular complexity index is 716. The highest BCUT2D eigenvalue weighted by Gasteiger charge is 2.24. The molecule has 1 unspecified atom stereocenters. The SMILES string of the molecule is COc1ccc(OC(CCc2ccccc2)C(=O)O)c([N+](=O)[O-])c1. The quantitative estimate of drug-likeness (QED) is 0.589. The van der Waals surface area contributed by atoms with E-state index in [4.69, 9.17) is 9.47 Å². The van der Waals surface area contributed by atoms with Crippen LogP contribution in [0.25, 0.3) is 0 Å². The van der Waals surface area contributed by atoms with E-state index in [9.17, 15) is 20.0 Å². The van der Waals surface area contributed by atoms with Gasteiger partial charge in [0.2, 0.25) is 0 Å². The summed E-state index contributed by atoms with van der Waals surface area (Å²) in [6, 6.07) is 13.4. The van der Waals surface area contributed by atoms with Gasteiger partial charge in [0.25, 0.3) is 0 Å². The smallest absolute Gasteiger partial charge is 0.344 e. The van der Waals surface area contributed by atoms with Crippen LogP contribution in [-0.2, 0) is 11.2 Å². The number of aryl methyl sites for hydroxylation is 1. The zero-order valence-corrected chi connectivity index (χ0v) is 13.0. The van der Waals surface area contributed by atoms with Crippen molar-refractivity contribution in [1.82, 2.24) is 0 Å². The largest absolute Gasteiger partial charge is 0.496 e. The summed E-state index contributed by atoms with van der Waals surface area (Å²) in [5, 5.41) is 20.5. The molecule has 1 atom stereocenters. The molecule has 0 spiro atoms. The lowest BCUT2D eigenvalue weighted by atomic mass is 10.1. The van der Waals surface area contributed by atoms with Gasteiger partial charge in [-0.15, -0.1) is 0 Å². The van der Waals surface area contributed by atoms with E-state index in [1.165, 1.54) is 25.3 Å². The molecule has 0 aliphatic rings. The first-order chi connectivity index (χ1) is 11.5. The fourth-order valence-corrected chi connectivity index (χ4v) is 2.20. The molecule has 2 aromatic carbocycles. The van der Waals surface area contributed by atoms with E-state index in [0.717, 1.165) is 5.56 Å². The Morgan fingerprint density at radius 2 is 1.96 bits per heavy atom. The van der Waals surface area contributed by atoms with Crippen molar-refractivity contribution in [3.63, 3.8) is 0 Å². The molecule has 0 saturated heterocycles. The number of hydrogen-bond acceptors (Lipinski definition) is 5. The lowest BCUT2D eigenvalue weighted by Crippen LogP contribution is -2.28. The zero-order chi connectivity index (χ0) is 17.5. The van der Waals surface area contributed by atoms with Crippen LogP contribution in [0.15, 0.2) is 48.5 Å². The van der Waals surface area contributed by atoms with E-state index in [0.29, 0.717) is 12.2 Å². The molecule has 0 aromatic heterocycles. The van der Waals surface area contributed by atoms with E-state index < -0.39 is 17.0 Å². The molecule has 7 heteroatoms. The Labute approximate surface area is 138 Å². The maximum Gasteiger partial charge on any atom is 0.344 e. The molecule has 0 saturated carbocycles. The summed E-state index contributed by atoms with van der Waals surface area (Å²) in [6.45, 7) is 0. The molecule has 0 aliphatic carbocycles. The number of carboxylic acids is 1. The number of hydrogen-bond donors (Lipinski definition) is 1. The first kappa shape index (κ1) is 17.3. The molecule has 0 radical (unpaired) electrons. The number of benzene rings is 2. The van der Waals surface area contributed by atoms with Crippen molar-refractivity contribution in [2.45, 2.75) is 18.9 Å². The van der Waals surface area contributed by atoms with E-state index in [-0.39, 0.29) is 17.9 Å². The number of methoxy groups -OCH3 is 1. The number of nitrogens with zero attached hydrogens (tertiary/aromatic N) is 1. The summed E-state index contributed by atoms with van der Waals surface area (Å²) < 4.78 is 10.3. The Morgan fingerprint density at radius 3 is 2.54 bits per heavy atom. The van der Waals surface area contributed by atoms with Crippen LogP contribution in [0.1, 0.15) is 12.0 Å². The van der Waals surface area contributed by atoms with Crippen LogP contribution >= 0.6 is 0 Å². The predicted octanol–water partition coefficient (Wildman–Crippen LogP) is 3.07. The maximum absolute atomic E-state index is 11.4. The maximum atomic E-state index is 11.4. The predicted molar refractivity (Wildman–Crippen MR) is 86.5 cm³/mol. The molecule has 0 fully saturated rings. The minimum Gasteiger partial charge on any atom is -0.496 e. The monoisotopic (exact) mass is 331 g/mol. The van der Waals surface area contributed by atoms with Crippen LogP contribution < -0.4 is 9.47 Å². The normalized spacial score (nSPS) is 11.5. The number of carbonyl (C=O) groups is 1. The number of ether oxygens (including phenoxy) is 2. The van der Waals surface area contributed by atoms with Gasteiger partial charge in [0.15, 0.2) is 11.9 Å². The molecule has 0 bridgehead atoms. The van der Waals surface area contributed by atoms with Gasteiger partial charge in [0.05, 0.1) is 18.1 Å². The lowest BCUT2D eigenvalue weighted by molar-refractivity contribution is -0.386. The minimum atomic E-state index is -1.18. The highest BCUT2D eigenvalue weighted by Crippen LogP contribution is 2.32. The van der Waals surface area contributed by atoms with Gasteiger partial charge in [0.1, 0.15) is 5.75 Å². The van der Waals surface area contributed by atoms with E-state index >= 15 is 0 Å². The molecular weight excluding hydrogens is 314 g/mol. The van der Waals surface area contributed by atoms with Gasteiger partial charge in [0, 0.05) is 0 Å². The Morgan fingerprint density at radius 1 is 1.25 bits per heavy atom. The Hall–Kier alpha value is -3.09. The number of nitro groups is 1. The summed E-state index contributed by atoms with van der Waals surface area (Å²) in [5.41, 5.74) is 0.636. The molecule has 2 rings (SSSR count). The summed E-state index contributed by atoms with van der Waals surface area (Å²) in [5.74, 6) is -0.970. The van der Waals surface area contributed by atoms with Crippen LogP contribution in [0.4, 0.5) is 5.69 Å². The second kappa shape index (κ2) is 7.96. The number of rotatable bonds is 8. The van der Waals surface area contributed by atoms with Crippen LogP contribution in [0.2, 0.25) is 0 Å². The van der Waals surface area contributed by atoms with E-state index in [1.807, 2.05) is 30.3 Å². The van der Waals surface area contributed by atoms with Crippen molar-refractivity contribution in [2.24, 2.45) is 0 Å². The summed E-state index contributed by atoms with van der Waals surface area (Å²) >= 11 is 0. The molecule has 0 heterocycles. The van der Waals surface area contributed by atoms with Crippen molar-refractivity contribution in [2.75, 3.05) is 7.11 Å². The number of carboxylic acid groups (broad SMARTS) is 1. The summed E-state index contributed by atoms with van der Waals surface area (Å²) in [6.07, 6.45) is -0.498. The van der Waals surface area contributed by atoms with Gasteiger partial charge in [-0.3, -0.25) is 10.1 Å². The fraction of sp³-hybridized carbons (Fsp3) is 0.235. The molecule has 7 nitrogen and oxygen atoms in total. The first-order valence-electron chi connectivity index (χ1n) is 7.27. The second-order valence-corrected chi connectivity index (χ2v) is 5.06. The third-order valence-corrected chi connectivity index (χ3v) is 3.45. The van der Waals surface area contributed by atoms with Crippen molar-refractivity contribution < 1.29 is 24.3 Å². The third-order valence-electron chi connectivity index (χ3n) is 3.45. The van der Waals surface area contributed by atoms with Crippen molar-refractivity contribution in [1.29, 1.82) is 0 Å². The van der Waals surface area contributed by atoms with Crippen LogP contribution in [0.3, 0.4) is 0 Å². The van der Waals surface area contributed by atoms with Gasteiger partial charge in [-0.05, 0) is 30.5 Å². The van der Waals surface area contributed by atoms with E-state index in [1.54, 1.807) is 0 Å². The van der Waals surface area contributed by atoms with Crippen LogP contribution in [0, 0.1) is 10.1 Å². The molecule has 1 N–H and O–H groups in total.